The van der Waals surface area contributed by atoms with Gasteiger partial charge in [-0.2, -0.15) is 5.10 Å². The minimum Gasteiger partial charge on any atom is -0.376 e. The smallest absolute Gasteiger partial charge is 0.159 e. The van der Waals surface area contributed by atoms with E-state index in [9.17, 15) is 0 Å². The first-order chi connectivity index (χ1) is 11.9. The molecule has 0 amide bonds. The number of H-pyrrole nitrogens is 1. The molecular formula is C18H21N5O. The van der Waals surface area contributed by atoms with Crippen molar-refractivity contribution in [3.8, 4) is 0 Å². The van der Waals surface area contributed by atoms with Gasteiger partial charge in [0.15, 0.2) is 5.65 Å². The third-order valence-electron chi connectivity index (χ3n) is 5.14. The van der Waals surface area contributed by atoms with E-state index in [4.69, 9.17) is 4.74 Å². The SMILES string of the molecule is c1cc2c(n1)ncc1[nH]ncc(N3CCCC(OCC4CC4)C3)c12. The molecule has 1 aliphatic heterocycles. The number of piperidine rings is 1. The van der Waals surface area contributed by atoms with E-state index >= 15 is 0 Å². The van der Waals surface area contributed by atoms with Gasteiger partial charge in [0, 0.05) is 36.7 Å². The van der Waals surface area contributed by atoms with Crippen LogP contribution >= 0.6 is 0 Å². The van der Waals surface area contributed by atoms with Crippen LogP contribution in [0.25, 0.3) is 21.9 Å². The molecule has 24 heavy (non-hydrogen) atoms. The number of pyridine rings is 1. The highest BCUT2D eigenvalue weighted by atomic mass is 16.5. The zero-order chi connectivity index (χ0) is 15.9. The number of anilines is 1. The Morgan fingerprint density at radius 1 is 1.21 bits per heavy atom. The van der Waals surface area contributed by atoms with Crippen molar-refractivity contribution in [3.05, 3.63) is 24.7 Å². The monoisotopic (exact) mass is 323 g/mol. The molecule has 0 bridgehead atoms. The van der Waals surface area contributed by atoms with Gasteiger partial charge >= 0.3 is 0 Å². The van der Waals surface area contributed by atoms with Crippen LogP contribution in [0.15, 0.2) is 24.7 Å². The molecule has 2 fully saturated rings. The Kier molecular flexibility index (Phi) is 3.36. The van der Waals surface area contributed by atoms with Crippen molar-refractivity contribution in [3.63, 3.8) is 0 Å². The van der Waals surface area contributed by atoms with Crippen LogP contribution in [0.2, 0.25) is 0 Å². The largest absolute Gasteiger partial charge is 0.376 e. The molecule has 0 aromatic carbocycles. The fraction of sp³-hybridized carbons (Fsp3) is 0.500. The number of hydrogen-bond acceptors (Lipinski definition) is 5. The number of nitrogens with one attached hydrogen (secondary N) is 1. The number of ether oxygens (including phenoxy) is 1. The molecule has 1 atom stereocenters. The summed E-state index contributed by atoms with van der Waals surface area (Å²) in [5.41, 5.74) is 2.90. The highest BCUT2D eigenvalue weighted by Crippen LogP contribution is 2.33. The predicted octanol–water partition coefficient (Wildman–Crippen LogP) is 2.90. The molecule has 1 unspecified atom stereocenters. The first-order valence-corrected chi connectivity index (χ1v) is 8.82. The van der Waals surface area contributed by atoms with Crippen LogP contribution in [0, 0.1) is 5.92 Å². The van der Waals surface area contributed by atoms with Gasteiger partial charge in [-0.1, -0.05) is 0 Å². The fourth-order valence-electron chi connectivity index (χ4n) is 3.64. The number of aromatic amines is 1. The number of rotatable bonds is 4. The minimum absolute atomic E-state index is 0.328. The Bertz CT molecular complexity index is 872. The summed E-state index contributed by atoms with van der Waals surface area (Å²) in [6, 6.07) is 2.03. The second-order valence-corrected chi connectivity index (χ2v) is 6.97. The maximum atomic E-state index is 6.15. The standard InChI is InChI=1S/C18H21N5O/c1-2-13(24-11-12-3-4-12)10-23(7-1)16-9-21-22-15-8-20-18-14(17(15)16)5-6-19-18/h5-6,8-9,12-13,22H,1-4,7,10-11H2. The summed E-state index contributed by atoms with van der Waals surface area (Å²) in [5.74, 6) is 0.815. The van der Waals surface area contributed by atoms with Crippen LogP contribution in [0.4, 0.5) is 5.69 Å². The van der Waals surface area contributed by atoms with E-state index in [1.807, 2.05) is 24.7 Å². The van der Waals surface area contributed by atoms with E-state index in [0.717, 1.165) is 66.1 Å². The molecule has 6 heteroatoms. The molecule has 1 saturated carbocycles. The normalized spacial score (nSPS) is 21.7. The third kappa shape index (κ3) is 2.51. The maximum absolute atomic E-state index is 6.15. The molecule has 3 aromatic heterocycles. The highest BCUT2D eigenvalue weighted by Gasteiger charge is 2.27. The van der Waals surface area contributed by atoms with E-state index < -0.39 is 0 Å². The summed E-state index contributed by atoms with van der Waals surface area (Å²) < 4.78 is 6.15. The van der Waals surface area contributed by atoms with Gasteiger partial charge in [-0.05, 0) is 37.7 Å². The van der Waals surface area contributed by atoms with Crippen LogP contribution in [0.5, 0.6) is 0 Å². The van der Waals surface area contributed by atoms with E-state index in [2.05, 4.69) is 25.1 Å². The maximum Gasteiger partial charge on any atom is 0.159 e. The minimum atomic E-state index is 0.328. The number of hydrogen-bond donors (Lipinski definition) is 1. The Labute approximate surface area is 140 Å². The molecule has 0 radical (unpaired) electrons. The molecule has 4 heterocycles. The summed E-state index contributed by atoms with van der Waals surface area (Å²) in [5, 5.41) is 9.64. The van der Waals surface area contributed by atoms with E-state index in [0.29, 0.717) is 6.10 Å². The second-order valence-electron chi connectivity index (χ2n) is 6.97. The summed E-state index contributed by atoms with van der Waals surface area (Å²) in [7, 11) is 0. The first kappa shape index (κ1) is 14.2. The van der Waals surface area contributed by atoms with E-state index in [1.165, 1.54) is 12.8 Å². The van der Waals surface area contributed by atoms with Gasteiger partial charge in [0.25, 0.3) is 0 Å². The van der Waals surface area contributed by atoms with Crippen LogP contribution < -0.4 is 4.90 Å². The highest BCUT2D eigenvalue weighted by molar-refractivity contribution is 6.09. The first-order valence-electron chi connectivity index (χ1n) is 8.82. The molecule has 1 saturated heterocycles. The van der Waals surface area contributed by atoms with Crippen LogP contribution in [0.1, 0.15) is 25.7 Å². The predicted molar refractivity (Wildman–Crippen MR) is 93.1 cm³/mol. The van der Waals surface area contributed by atoms with Crippen molar-refractivity contribution in [1.29, 1.82) is 0 Å². The quantitative estimate of drug-likeness (QED) is 0.799. The van der Waals surface area contributed by atoms with Crippen molar-refractivity contribution in [2.24, 2.45) is 5.92 Å². The van der Waals surface area contributed by atoms with Crippen molar-refractivity contribution in [1.82, 2.24) is 20.2 Å². The molecular weight excluding hydrogens is 302 g/mol. The van der Waals surface area contributed by atoms with Gasteiger partial charge in [-0.15, -0.1) is 0 Å². The van der Waals surface area contributed by atoms with Crippen LogP contribution in [-0.4, -0.2) is 46.0 Å². The van der Waals surface area contributed by atoms with Crippen molar-refractivity contribution < 1.29 is 4.74 Å². The molecule has 0 spiro atoms. The lowest BCUT2D eigenvalue weighted by Gasteiger charge is -2.34. The number of fused-ring (bicyclic) bond motifs is 3. The average Bonchev–Trinajstić information content (AvgIpc) is 3.34. The molecule has 1 aliphatic carbocycles. The number of nitrogens with zero attached hydrogens (tertiary/aromatic N) is 4. The average molecular weight is 323 g/mol. The molecule has 2 aliphatic rings. The molecule has 5 rings (SSSR count). The van der Waals surface area contributed by atoms with E-state index in [1.54, 1.807) is 0 Å². The Hall–Kier alpha value is -2.21. The van der Waals surface area contributed by atoms with Crippen molar-refractivity contribution in [2.45, 2.75) is 31.8 Å². The van der Waals surface area contributed by atoms with Gasteiger partial charge in [0.05, 0.1) is 29.7 Å². The summed E-state index contributed by atoms with van der Waals surface area (Å²) in [6.45, 7) is 2.91. The van der Waals surface area contributed by atoms with Gasteiger partial charge in [-0.3, -0.25) is 5.10 Å². The summed E-state index contributed by atoms with van der Waals surface area (Å²) >= 11 is 0. The van der Waals surface area contributed by atoms with Gasteiger partial charge in [0.1, 0.15) is 0 Å². The molecule has 124 valence electrons. The lowest BCUT2D eigenvalue weighted by Crippen LogP contribution is -2.40. The zero-order valence-corrected chi connectivity index (χ0v) is 13.6. The summed E-state index contributed by atoms with van der Waals surface area (Å²) in [4.78, 5) is 11.2. The fourth-order valence-corrected chi connectivity index (χ4v) is 3.64. The zero-order valence-electron chi connectivity index (χ0n) is 13.6. The Balaban J connectivity index is 1.49. The number of aromatic nitrogens is 4. The topological polar surface area (TPSA) is 66.9 Å². The second kappa shape index (κ2) is 5.70. The van der Waals surface area contributed by atoms with E-state index in [-0.39, 0.29) is 0 Å². The Morgan fingerprint density at radius 3 is 3.08 bits per heavy atom. The van der Waals surface area contributed by atoms with Gasteiger partial charge < -0.3 is 9.64 Å². The van der Waals surface area contributed by atoms with Gasteiger partial charge in [0.2, 0.25) is 0 Å². The van der Waals surface area contributed by atoms with Gasteiger partial charge in [-0.25, -0.2) is 9.97 Å². The lowest BCUT2D eigenvalue weighted by atomic mass is 10.1. The van der Waals surface area contributed by atoms with Crippen LogP contribution in [0.3, 0.4) is 0 Å². The molecule has 1 N–H and O–H groups in total. The third-order valence-corrected chi connectivity index (χ3v) is 5.14. The van der Waals surface area contributed by atoms with Crippen molar-refractivity contribution >= 4 is 27.6 Å². The molecule has 3 aromatic rings. The van der Waals surface area contributed by atoms with Crippen LogP contribution in [-0.2, 0) is 4.74 Å². The summed E-state index contributed by atoms with van der Waals surface area (Å²) in [6.07, 6.45) is 10.9. The van der Waals surface area contributed by atoms with Crippen molar-refractivity contribution in [2.75, 3.05) is 24.6 Å². The Morgan fingerprint density at radius 2 is 2.17 bits per heavy atom. The lowest BCUT2D eigenvalue weighted by molar-refractivity contribution is 0.0369. The molecule has 6 nitrogen and oxygen atoms in total.